The number of nitrogens with one attached hydrogen (secondary N) is 2. The van der Waals surface area contributed by atoms with Crippen LogP contribution in [0.3, 0.4) is 0 Å². The predicted octanol–water partition coefficient (Wildman–Crippen LogP) is 4.41. The maximum atomic E-state index is 13.4. The van der Waals surface area contributed by atoms with E-state index < -0.39 is 6.04 Å². The van der Waals surface area contributed by atoms with E-state index in [4.69, 9.17) is 0 Å². The van der Waals surface area contributed by atoms with E-state index in [0.717, 1.165) is 33.3 Å². The van der Waals surface area contributed by atoms with Crippen molar-refractivity contribution in [1.82, 2.24) is 10.3 Å². The molecular weight excluding hydrogens is 398 g/mol. The lowest BCUT2D eigenvalue weighted by atomic mass is 10.0. The molecular formula is C27H27N3O2. The number of carbonyl (C=O) groups excluding carboxylic acids is 2. The van der Waals surface area contributed by atoms with Gasteiger partial charge in [-0.25, -0.2) is 0 Å². The summed E-state index contributed by atoms with van der Waals surface area (Å²) < 4.78 is 0. The third-order valence-electron chi connectivity index (χ3n) is 5.66. The van der Waals surface area contributed by atoms with Crippen molar-refractivity contribution >= 4 is 28.4 Å². The second-order valence-corrected chi connectivity index (χ2v) is 8.08. The molecule has 0 radical (unpaired) electrons. The third kappa shape index (κ3) is 4.89. The molecule has 2 N–H and O–H groups in total. The minimum absolute atomic E-state index is 0.147. The molecule has 1 aromatic heterocycles. The van der Waals surface area contributed by atoms with Crippen molar-refractivity contribution in [3.05, 3.63) is 102 Å². The summed E-state index contributed by atoms with van der Waals surface area (Å²) in [5.41, 5.74) is 4.78. The molecule has 1 heterocycles. The third-order valence-corrected chi connectivity index (χ3v) is 5.66. The van der Waals surface area contributed by atoms with Gasteiger partial charge in [-0.05, 0) is 41.8 Å². The molecule has 5 nitrogen and oxygen atoms in total. The molecule has 1 atom stereocenters. The number of anilines is 1. The van der Waals surface area contributed by atoms with Crippen LogP contribution in [0.2, 0.25) is 0 Å². The van der Waals surface area contributed by atoms with E-state index in [1.807, 2.05) is 92.0 Å². The van der Waals surface area contributed by atoms with E-state index in [-0.39, 0.29) is 18.2 Å². The first-order valence-corrected chi connectivity index (χ1v) is 10.7. The Bertz CT molecular complexity index is 1230. The largest absolute Gasteiger partial charge is 0.361 e. The number of H-pyrrole nitrogens is 1. The van der Waals surface area contributed by atoms with Crippen molar-refractivity contribution in [3.8, 4) is 0 Å². The van der Waals surface area contributed by atoms with E-state index in [1.54, 1.807) is 11.9 Å². The smallest absolute Gasteiger partial charge is 0.249 e. The molecule has 0 fully saturated rings. The number of nitrogens with zero attached hydrogens (tertiary/aromatic N) is 1. The zero-order valence-electron chi connectivity index (χ0n) is 18.3. The highest BCUT2D eigenvalue weighted by Gasteiger charge is 2.25. The van der Waals surface area contributed by atoms with Crippen LogP contribution in [0, 0.1) is 6.92 Å². The average molecular weight is 426 g/mol. The van der Waals surface area contributed by atoms with Crippen LogP contribution in [-0.4, -0.2) is 29.9 Å². The summed E-state index contributed by atoms with van der Waals surface area (Å²) in [4.78, 5) is 31.2. The van der Waals surface area contributed by atoms with Gasteiger partial charge in [0, 0.05) is 36.3 Å². The van der Waals surface area contributed by atoms with Gasteiger partial charge in [-0.2, -0.15) is 0 Å². The fraction of sp³-hybridized carbons (Fsp3) is 0.185. The lowest BCUT2D eigenvalue weighted by molar-refractivity contribution is -0.127. The SMILES string of the molecule is Cc1cccc(N(C)C(=O)[C@H](Cc2ccccc2)NC(=O)Cc2c[nH]c3ccccc23)c1. The fourth-order valence-electron chi connectivity index (χ4n) is 3.94. The van der Waals surface area contributed by atoms with Crippen LogP contribution in [0.5, 0.6) is 0 Å². The Balaban J connectivity index is 1.54. The highest BCUT2D eigenvalue weighted by molar-refractivity contribution is 5.99. The molecule has 0 saturated heterocycles. The molecule has 0 aliphatic carbocycles. The van der Waals surface area contributed by atoms with Gasteiger partial charge in [-0.1, -0.05) is 60.7 Å². The van der Waals surface area contributed by atoms with Gasteiger partial charge < -0.3 is 15.2 Å². The van der Waals surface area contributed by atoms with Crippen LogP contribution in [0.4, 0.5) is 5.69 Å². The van der Waals surface area contributed by atoms with Crippen LogP contribution in [0.1, 0.15) is 16.7 Å². The normalized spacial score (nSPS) is 11.8. The second-order valence-electron chi connectivity index (χ2n) is 8.08. The molecule has 0 spiro atoms. The van der Waals surface area contributed by atoms with Crippen molar-refractivity contribution < 1.29 is 9.59 Å². The number of amides is 2. The van der Waals surface area contributed by atoms with Gasteiger partial charge in [0.05, 0.1) is 6.42 Å². The molecule has 0 unspecified atom stereocenters. The number of hydrogen-bond acceptors (Lipinski definition) is 2. The number of aryl methyl sites for hydroxylation is 1. The second kappa shape index (κ2) is 9.52. The Morgan fingerprint density at radius 2 is 1.72 bits per heavy atom. The first-order valence-electron chi connectivity index (χ1n) is 10.7. The molecule has 0 bridgehead atoms. The molecule has 4 rings (SSSR count). The molecule has 0 aliphatic heterocycles. The van der Waals surface area contributed by atoms with Gasteiger partial charge in [0.1, 0.15) is 6.04 Å². The van der Waals surface area contributed by atoms with Crippen molar-refractivity contribution in [2.45, 2.75) is 25.8 Å². The summed E-state index contributed by atoms with van der Waals surface area (Å²) in [7, 11) is 1.75. The molecule has 4 aromatic rings. The minimum Gasteiger partial charge on any atom is -0.361 e. The quantitative estimate of drug-likeness (QED) is 0.461. The van der Waals surface area contributed by atoms with Gasteiger partial charge in [-0.3, -0.25) is 9.59 Å². The Kier molecular flexibility index (Phi) is 6.36. The van der Waals surface area contributed by atoms with Gasteiger partial charge >= 0.3 is 0 Å². The van der Waals surface area contributed by atoms with Crippen molar-refractivity contribution in [2.24, 2.45) is 0 Å². The summed E-state index contributed by atoms with van der Waals surface area (Å²) in [6.45, 7) is 1.99. The molecule has 32 heavy (non-hydrogen) atoms. The maximum Gasteiger partial charge on any atom is 0.249 e. The Hall–Kier alpha value is -3.86. The molecule has 2 amide bonds. The van der Waals surface area contributed by atoms with Crippen molar-refractivity contribution in [2.75, 3.05) is 11.9 Å². The highest BCUT2D eigenvalue weighted by atomic mass is 16.2. The summed E-state index contributed by atoms with van der Waals surface area (Å²) >= 11 is 0. The van der Waals surface area contributed by atoms with E-state index in [0.29, 0.717) is 6.42 Å². The van der Waals surface area contributed by atoms with E-state index in [2.05, 4.69) is 10.3 Å². The van der Waals surface area contributed by atoms with E-state index in [1.165, 1.54) is 0 Å². The highest BCUT2D eigenvalue weighted by Crippen LogP contribution is 2.19. The number of aromatic nitrogens is 1. The van der Waals surface area contributed by atoms with Gasteiger partial charge in [0.2, 0.25) is 11.8 Å². The lowest BCUT2D eigenvalue weighted by Gasteiger charge is -2.25. The predicted molar refractivity (Wildman–Crippen MR) is 129 cm³/mol. The number of benzene rings is 3. The van der Waals surface area contributed by atoms with Crippen LogP contribution in [0.15, 0.2) is 85.1 Å². The molecule has 162 valence electrons. The number of carbonyl (C=O) groups is 2. The number of likely N-dealkylation sites (N-methyl/N-ethyl adjacent to an activating group) is 1. The van der Waals surface area contributed by atoms with Crippen LogP contribution in [0.25, 0.3) is 10.9 Å². The Morgan fingerprint density at radius 3 is 2.50 bits per heavy atom. The zero-order valence-corrected chi connectivity index (χ0v) is 18.3. The lowest BCUT2D eigenvalue weighted by Crippen LogP contribution is -2.49. The van der Waals surface area contributed by atoms with Gasteiger partial charge in [0.15, 0.2) is 0 Å². The number of para-hydroxylation sites is 1. The number of aromatic amines is 1. The minimum atomic E-state index is -0.666. The summed E-state index contributed by atoms with van der Waals surface area (Å²) in [5.74, 6) is -0.326. The van der Waals surface area contributed by atoms with Crippen LogP contribution in [-0.2, 0) is 22.4 Å². The topological polar surface area (TPSA) is 65.2 Å². The van der Waals surface area contributed by atoms with Gasteiger partial charge in [-0.15, -0.1) is 0 Å². The first kappa shape index (κ1) is 21.4. The van der Waals surface area contributed by atoms with Crippen LogP contribution < -0.4 is 10.2 Å². The van der Waals surface area contributed by atoms with Crippen LogP contribution >= 0.6 is 0 Å². The maximum absolute atomic E-state index is 13.4. The van der Waals surface area contributed by atoms with Crippen molar-refractivity contribution in [1.29, 1.82) is 0 Å². The fourth-order valence-corrected chi connectivity index (χ4v) is 3.94. The van der Waals surface area contributed by atoms with E-state index >= 15 is 0 Å². The monoisotopic (exact) mass is 425 g/mol. The molecule has 0 aliphatic rings. The number of hydrogen-bond donors (Lipinski definition) is 2. The first-order chi connectivity index (χ1) is 15.5. The standard InChI is InChI=1S/C27H27N3O2/c1-19-9-8-12-22(15-19)30(2)27(32)25(16-20-10-4-3-5-11-20)29-26(31)17-21-18-28-24-14-7-6-13-23(21)24/h3-15,18,25,28H,16-17H2,1-2H3,(H,29,31)/t25-/m0/s1. The number of fused-ring (bicyclic) bond motifs is 1. The Labute approximate surface area is 188 Å². The summed E-state index contributed by atoms with van der Waals surface area (Å²) in [6.07, 6.45) is 2.49. The molecule has 0 saturated carbocycles. The molecule has 3 aromatic carbocycles. The molecule has 5 heteroatoms. The van der Waals surface area contributed by atoms with Gasteiger partial charge in [0.25, 0.3) is 0 Å². The Morgan fingerprint density at radius 1 is 0.969 bits per heavy atom. The summed E-state index contributed by atoms with van der Waals surface area (Å²) in [6, 6.07) is 24.8. The van der Waals surface area contributed by atoms with Crippen molar-refractivity contribution in [3.63, 3.8) is 0 Å². The summed E-state index contributed by atoms with van der Waals surface area (Å²) in [5, 5.41) is 4.01. The van der Waals surface area contributed by atoms with E-state index in [9.17, 15) is 9.59 Å². The number of rotatable bonds is 7. The zero-order chi connectivity index (χ0) is 22.5. The average Bonchev–Trinajstić information content (AvgIpc) is 3.21.